The van der Waals surface area contributed by atoms with E-state index < -0.39 is 0 Å². The van der Waals surface area contributed by atoms with Gasteiger partial charge >= 0.3 is 0 Å². The number of rotatable bonds is 2. The van der Waals surface area contributed by atoms with Crippen LogP contribution in [0.15, 0.2) is 24.4 Å². The van der Waals surface area contributed by atoms with Crippen LogP contribution >= 0.6 is 11.6 Å². The van der Waals surface area contributed by atoms with Gasteiger partial charge in [0.1, 0.15) is 11.3 Å². The van der Waals surface area contributed by atoms with Crippen molar-refractivity contribution in [3.8, 4) is 5.75 Å². The topological polar surface area (TPSA) is 39.2 Å². The summed E-state index contributed by atoms with van der Waals surface area (Å²) in [6, 6.07) is 5.41. The molecule has 2 rings (SSSR count). The number of benzene rings is 1. The number of ether oxygens (including phenoxy) is 1. The van der Waals surface area contributed by atoms with E-state index in [1.165, 1.54) is 6.20 Å². The van der Waals surface area contributed by atoms with Crippen molar-refractivity contribution in [2.75, 3.05) is 7.11 Å². The molecule has 0 radical (unpaired) electrons. The quantitative estimate of drug-likeness (QED) is 0.732. The maximum absolute atomic E-state index is 10.7. The van der Waals surface area contributed by atoms with Gasteiger partial charge in [0.05, 0.1) is 17.7 Å². The van der Waals surface area contributed by atoms with Crippen LogP contribution in [0.4, 0.5) is 0 Å². The number of aldehydes is 1. The zero-order valence-corrected chi connectivity index (χ0v) is 8.78. The van der Waals surface area contributed by atoms with Crippen LogP contribution in [0.2, 0.25) is 5.02 Å². The Labute approximate surface area is 91.6 Å². The van der Waals surface area contributed by atoms with Crippen LogP contribution in [0.1, 0.15) is 10.4 Å². The number of hydrogen-bond donors (Lipinski definition) is 0. The first kappa shape index (κ1) is 9.93. The highest BCUT2D eigenvalue weighted by atomic mass is 35.5. The molecule has 0 saturated carbocycles. The highest BCUT2D eigenvalue weighted by Gasteiger charge is 2.08. The van der Waals surface area contributed by atoms with Crippen LogP contribution in [0.3, 0.4) is 0 Å². The molecule has 0 fully saturated rings. The van der Waals surface area contributed by atoms with Crippen molar-refractivity contribution in [2.24, 2.45) is 0 Å². The molecule has 0 bridgehead atoms. The molecule has 0 spiro atoms. The number of para-hydroxylation sites is 1. The van der Waals surface area contributed by atoms with E-state index in [0.29, 0.717) is 28.1 Å². The summed E-state index contributed by atoms with van der Waals surface area (Å²) in [5.41, 5.74) is 1.05. The van der Waals surface area contributed by atoms with Crippen LogP contribution in [-0.4, -0.2) is 18.4 Å². The van der Waals surface area contributed by atoms with Crippen LogP contribution in [-0.2, 0) is 0 Å². The summed E-state index contributed by atoms with van der Waals surface area (Å²) in [4.78, 5) is 14.8. The fourth-order valence-electron chi connectivity index (χ4n) is 1.43. The number of aromatic nitrogens is 1. The first-order chi connectivity index (χ1) is 7.27. The Bertz CT molecular complexity index is 525. The van der Waals surface area contributed by atoms with Crippen molar-refractivity contribution in [3.05, 3.63) is 35.0 Å². The summed E-state index contributed by atoms with van der Waals surface area (Å²) >= 11 is 6.04. The van der Waals surface area contributed by atoms with E-state index in [2.05, 4.69) is 4.98 Å². The molecule has 0 N–H and O–H groups in total. The highest BCUT2D eigenvalue weighted by molar-refractivity contribution is 6.37. The third kappa shape index (κ3) is 1.55. The number of methoxy groups -OCH3 is 1. The molecule has 0 aliphatic rings. The van der Waals surface area contributed by atoms with Crippen LogP contribution in [0, 0.1) is 0 Å². The fourth-order valence-corrected chi connectivity index (χ4v) is 1.67. The average Bonchev–Trinajstić information content (AvgIpc) is 2.29. The average molecular weight is 222 g/mol. The Kier molecular flexibility index (Phi) is 2.56. The third-order valence-electron chi connectivity index (χ3n) is 2.17. The van der Waals surface area contributed by atoms with E-state index in [4.69, 9.17) is 16.3 Å². The maximum atomic E-state index is 10.7. The SMILES string of the molecule is COc1cccc2c(Cl)c(C=O)cnc12. The summed E-state index contributed by atoms with van der Waals surface area (Å²) in [5, 5.41) is 1.13. The molecule has 4 heteroatoms. The number of hydrogen-bond acceptors (Lipinski definition) is 3. The maximum Gasteiger partial charge on any atom is 0.153 e. The van der Waals surface area contributed by atoms with Crippen molar-refractivity contribution in [1.29, 1.82) is 0 Å². The first-order valence-corrected chi connectivity index (χ1v) is 4.72. The number of halogens is 1. The third-order valence-corrected chi connectivity index (χ3v) is 2.59. The van der Waals surface area contributed by atoms with Gasteiger partial charge in [0.25, 0.3) is 0 Å². The molecular weight excluding hydrogens is 214 g/mol. The van der Waals surface area contributed by atoms with Crippen LogP contribution in [0.25, 0.3) is 10.9 Å². The van der Waals surface area contributed by atoms with E-state index in [1.807, 2.05) is 6.07 Å². The number of fused-ring (bicyclic) bond motifs is 1. The lowest BCUT2D eigenvalue weighted by atomic mass is 10.1. The number of pyridine rings is 1. The number of carbonyl (C=O) groups excluding carboxylic acids is 1. The minimum Gasteiger partial charge on any atom is -0.494 e. The standard InChI is InChI=1S/C11H8ClNO2/c1-15-9-4-2-3-8-10(12)7(6-14)5-13-11(8)9/h2-6H,1H3. The van der Waals surface area contributed by atoms with E-state index >= 15 is 0 Å². The number of carbonyl (C=O) groups is 1. The lowest BCUT2D eigenvalue weighted by Gasteiger charge is -2.06. The molecule has 76 valence electrons. The predicted octanol–water partition coefficient (Wildman–Crippen LogP) is 2.71. The van der Waals surface area contributed by atoms with Crippen molar-refractivity contribution < 1.29 is 9.53 Å². The van der Waals surface area contributed by atoms with Crippen molar-refractivity contribution in [1.82, 2.24) is 4.98 Å². The van der Waals surface area contributed by atoms with Gasteiger partial charge in [-0.15, -0.1) is 0 Å². The second-order valence-corrected chi connectivity index (χ2v) is 3.38. The molecule has 0 unspecified atom stereocenters. The molecule has 0 amide bonds. The van der Waals surface area contributed by atoms with Crippen molar-refractivity contribution in [3.63, 3.8) is 0 Å². The van der Waals surface area contributed by atoms with Gasteiger partial charge < -0.3 is 4.74 Å². The van der Waals surface area contributed by atoms with E-state index in [9.17, 15) is 4.79 Å². The second kappa shape index (κ2) is 3.87. The van der Waals surface area contributed by atoms with Gasteiger partial charge in [-0.1, -0.05) is 23.7 Å². The first-order valence-electron chi connectivity index (χ1n) is 4.34. The fraction of sp³-hybridized carbons (Fsp3) is 0.0909. The molecule has 1 aromatic carbocycles. The van der Waals surface area contributed by atoms with Crippen molar-refractivity contribution >= 4 is 28.8 Å². The minimum atomic E-state index is 0.386. The van der Waals surface area contributed by atoms with Crippen LogP contribution in [0.5, 0.6) is 5.75 Å². The molecule has 15 heavy (non-hydrogen) atoms. The summed E-state index contributed by atoms with van der Waals surface area (Å²) in [6.45, 7) is 0. The molecule has 0 atom stereocenters. The molecule has 1 aromatic heterocycles. The van der Waals surface area contributed by atoms with E-state index in [1.54, 1.807) is 19.2 Å². The zero-order valence-electron chi connectivity index (χ0n) is 8.03. The van der Waals surface area contributed by atoms with E-state index in [0.717, 1.165) is 5.39 Å². The van der Waals surface area contributed by atoms with Gasteiger partial charge in [0, 0.05) is 11.6 Å². The van der Waals surface area contributed by atoms with Crippen LogP contribution < -0.4 is 4.74 Å². The predicted molar refractivity (Wildman–Crippen MR) is 58.7 cm³/mol. The molecule has 2 aromatic rings. The monoisotopic (exact) mass is 221 g/mol. The minimum absolute atomic E-state index is 0.386. The zero-order chi connectivity index (χ0) is 10.8. The Morgan fingerprint density at radius 3 is 2.93 bits per heavy atom. The summed E-state index contributed by atoms with van der Waals surface area (Å²) in [7, 11) is 1.57. The molecular formula is C11H8ClNO2. The Balaban J connectivity index is 2.84. The summed E-state index contributed by atoms with van der Waals surface area (Å²) < 4.78 is 5.15. The lowest BCUT2D eigenvalue weighted by molar-refractivity contribution is 0.112. The normalized spacial score (nSPS) is 10.3. The lowest BCUT2D eigenvalue weighted by Crippen LogP contribution is -1.91. The Morgan fingerprint density at radius 1 is 1.47 bits per heavy atom. The second-order valence-electron chi connectivity index (χ2n) is 3.00. The molecule has 0 aliphatic heterocycles. The van der Waals surface area contributed by atoms with Gasteiger partial charge in [-0.3, -0.25) is 9.78 Å². The van der Waals surface area contributed by atoms with Gasteiger partial charge in [0.2, 0.25) is 0 Å². The number of nitrogens with zero attached hydrogens (tertiary/aromatic N) is 1. The molecule has 1 heterocycles. The van der Waals surface area contributed by atoms with Gasteiger partial charge in [-0.25, -0.2) is 0 Å². The Morgan fingerprint density at radius 2 is 2.27 bits per heavy atom. The highest BCUT2D eigenvalue weighted by Crippen LogP contribution is 2.30. The molecule has 0 saturated heterocycles. The molecule has 3 nitrogen and oxygen atoms in total. The van der Waals surface area contributed by atoms with Gasteiger partial charge in [-0.05, 0) is 6.07 Å². The smallest absolute Gasteiger partial charge is 0.153 e. The summed E-state index contributed by atoms with van der Waals surface area (Å²) in [5.74, 6) is 0.645. The van der Waals surface area contributed by atoms with Gasteiger partial charge in [-0.2, -0.15) is 0 Å². The Hall–Kier alpha value is -1.61. The molecule has 0 aliphatic carbocycles. The largest absolute Gasteiger partial charge is 0.494 e. The van der Waals surface area contributed by atoms with Gasteiger partial charge in [0.15, 0.2) is 6.29 Å². The summed E-state index contributed by atoms with van der Waals surface area (Å²) in [6.07, 6.45) is 2.13. The van der Waals surface area contributed by atoms with E-state index in [-0.39, 0.29) is 0 Å². The van der Waals surface area contributed by atoms with Crippen molar-refractivity contribution in [2.45, 2.75) is 0 Å².